The molecular formula is C15H19N3O3. The number of rotatable bonds is 8. The zero-order chi connectivity index (χ0) is 15.5. The average molecular weight is 289 g/mol. The van der Waals surface area contributed by atoms with E-state index in [0.717, 1.165) is 6.42 Å². The van der Waals surface area contributed by atoms with Gasteiger partial charge in [-0.3, -0.25) is 4.79 Å². The van der Waals surface area contributed by atoms with Crippen LogP contribution in [0.5, 0.6) is 5.75 Å². The molecule has 1 aromatic rings. The van der Waals surface area contributed by atoms with E-state index in [9.17, 15) is 4.79 Å². The summed E-state index contributed by atoms with van der Waals surface area (Å²) >= 11 is 0. The van der Waals surface area contributed by atoms with Gasteiger partial charge in [0.1, 0.15) is 17.4 Å². The van der Waals surface area contributed by atoms with Gasteiger partial charge >= 0.3 is 0 Å². The third-order valence-electron chi connectivity index (χ3n) is 2.64. The maximum atomic E-state index is 12.0. The number of methoxy groups -OCH3 is 2. The molecule has 1 rings (SSSR count). The van der Waals surface area contributed by atoms with Crippen molar-refractivity contribution >= 4 is 11.6 Å². The molecule has 1 aromatic carbocycles. The van der Waals surface area contributed by atoms with Crippen molar-refractivity contribution in [1.82, 2.24) is 5.32 Å². The Hall–Kier alpha value is -2.52. The van der Waals surface area contributed by atoms with E-state index in [4.69, 9.17) is 14.7 Å². The zero-order valence-corrected chi connectivity index (χ0v) is 12.2. The summed E-state index contributed by atoms with van der Waals surface area (Å²) in [5, 5.41) is 14.6. The molecule has 0 unspecified atom stereocenters. The van der Waals surface area contributed by atoms with Crippen molar-refractivity contribution < 1.29 is 14.3 Å². The van der Waals surface area contributed by atoms with Crippen LogP contribution < -0.4 is 15.4 Å². The molecule has 0 aliphatic carbocycles. The Morgan fingerprint density at radius 1 is 1.38 bits per heavy atom. The number of hydrogen-bond acceptors (Lipinski definition) is 5. The quantitative estimate of drug-likeness (QED) is 0.432. The third kappa shape index (κ3) is 5.55. The number of nitriles is 1. The Labute approximate surface area is 124 Å². The molecule has 0 heterocycles. The van der Waals surface area contributed by atoms with E-state index < -0.39 is 5.91 Å². The van der Waals surface area contributed by atoms with E-state index in [2.05, 4.69) is 10.6 Å². The van der Waals surface area contributed by atoms with Crippen LogP contribution in [0.1, 0.15) is 6.42 Å². The molecular weight excluding hydrogens is 270 g/mol. The highest BCUT2D eigenvalue weighted by Gasteiger charge is 2.11. The number of amides is 1. The highest BCUT2D eigenvalue weighted by atomic mass is 16.5. The summed E-state index contributed by atoms with van der Waals surface area (Å²) < 4.78 is 10.0. The molecule has 0 aliphatic rings. The van der Waals surface area contributed by atoms with Gasteiger partial charge < -0.3 is 20.1 Å². The minimum atomic E-state index is -0.485. The number of hydrogen-bond donors (Lipinski definition) is 2. The smallest absolute Gasteiger partial charge is 0.267 e. The van der Waals surface area contributed by atoms with Crippen molar-refractivity contribution in [3.63, 3.8) is 0 Å². The average Bonchev–Trinajstić information content (AvgIpc) is 2.51. The summed E-state index contributed by atoms with van der Waals surface area (Å²) in [7, 11) is 3.14. The Morgan fingerprint density at radius 3 is 2.81 bits per heavy atom. The lowest BCUT2D eigenvalue weighted by molar-refractivity contribution is -0.112. The molecule has 6 heteroatoms. The first-order valence-corrected chi connectivity index (χ1v) is 6.50. The standard InChI is InChI=1S/C15H19N3O3/c1-20-9-5-8-17-11-12(10-16)15(19)18-13-6-3-4-7-14(13)21-2/h3-4,6-7,11,17H,5,8-9H2,1-2H3,(H,18,19)/b12-11-. The molecule has 6 nitrogen and oxygen atoms in total. The summed E-state index contributed by atoms with van der Waals surface area (Å²) in [4.78, 5) is 12.0. The number of carbonyl (C=O) groups excluding carboxylic acids is 1. The van der Waals surface area contributed by atoms with Gasteiger partial charge in [-0.15, -0.1) is 0 Å². The molecule has 1 amide bonds. The molecule has 0 saturated carbocycles. The lowest BCUT2D eigenvalue weighted by Crippen LogP contribution is -2.18. The maximum absolute atomic E-state index is 12.0. The Balaban J connectivity index is 2.63. The van der Waals surface area contributed by atoms with Gasteiger partial charge in [-0.25, -0.2) is 0 Å². The number of nitrogens with zero attached hydrogens (tertiary/aromatic N) is 1. The van der Waals surface area contributed by atoms with Crippen LogP contribution in [0.3, 0.4) is 0 Å². The zero-order valence-electron chi connectivity index (χ0n) is 12.2. The van der Waals surface area contributed by atoms with Crippen molar-refractivity contribution in [3.05, 3.63) is 36.0 Å². The number of carbonyl (C=O) groups is 1. The van der Waals surface area contributed by atoms with E-state index >= 15 is 0 Å². The summed E-state index contributed by atoms with van der Waals surface area (Å²) in [6.45, 7) is 1.25. The highest BCUT2D eigenvalue weighted by Crippen LogP contribution is 2.23. The monoisotopic (exact) mass is 289 g/mol. The van der Waals surface area contributed by atoms with Gasteiger partial charge in [0.05, 0.1) is 12.8 Å². The second-order valence-corrected chi connectivity index (χ2v) is 4.12. The molecule has 21 heavy (non-hydrogen) atoms. The number of benzene rings is 1. The van der Waals surface area contributed by atoms with E-state index in [1.54, 1.807) is 31.4 Å². The van der Waals surface area contributed by atoms with Crippen LogP contribution >= 0.6 is 0 Å². The van der Waals surface area contributed by atoms with Crippen molar-refractivity contribution in [2.24, 2.45) is 0 Å². The number of ether oxygens (including phenoxy) is 2. The predicted octanol–water partition coefficient (Wildman–Crippen LogP) is 1.67. The van der Waals surface area contributed by atoms with Crippen LogP contribution in [0.25, 0.3) is 0 Å². The van der Waals surface area contributed by atoms with Crippen LogP contribution in [-0.2, 0) is 9.53 Å². The van der Waals surface area contributed by atoms with Gasteiger partial charge in [0, 0.05) is 26.5 Å². The molecule has 0 saturated heterocycles. The third-order valence-corrected chi connectivity index (χ3v) is 2.64. The molecule has 0 bridgehead atoms. The molecule has 0 radical (unpaired) electrons. The van der Waals surface area contributed by atoms with E-state index in [1.807, 2.05) is 6.07 Å². The lowest BCUT2D eigenvalue weighted by atomic mass is 10.2. The van der Waals surface area contributed by atoms with Gasteiger partial charge in [-0.05, 0) is 18.6 Å². The van der Waals surface area contributed by atoms with Crippen LogP contribution in [-0.4, -0.2) is 33.3 Å². The lowest BCUT2D eigenvalue weighted by Gasteiger charge is -2.09. The summed E-state index contributed by atoms with van der Waals surface area (Å²) in [6, 6.07) is 8.87. The summed E-state index contributed by atoms with van der Waals surface area (Å²) in [6.07, 6.45) is 2.19. The SMILES string of the molecule is COCCCN/C=C(/C#N)C(=O)Nc1ccccc1OC. The van der Waals surface area contributed by atoms with Crippen LogP contribution in [0.4, 0.5) is 5.69 Å². The Morgan fingerprint density at radius 2 is 2.14 bits per heavy atom. The number of anilines is 1. The fourth-order valence-corrected chi connectivity index (χ4v) is 1.58. The minimum absolute atomic E-state index is 0.00155. The first kappa shape index (κ1) is 16.5. The topological polar surface area (TPSA) is 83.4 Å². The van der Waals surface area contributed by atoms with Gasteiger partial charge in [-0.2, -0.15) is 5.26 Å². The van der Waals surface area contributed by atoms with Crippen LogP contribution in [0.2, 0.25) is 0 Å². The first-order chi connectivity index (χ1) is 10.2. The van der Waals surface area contributed by atoms with Gasteiger partial charge in [-0.1, -0.05) is 12.1 Å². The molecule has 0 fully saturated rings. The first-order valence-electron chi connectivity index (χ1n) is 6.50. The van der Waals surface area contributed by atoms with Gasteiger partial charge in [0.25, 0.3) is 5.91 Å². The molecule has 0 aliphatic heterocycles. The second kappa shape index (κ2) is 9.39. The van der Waals surface area contributed by atoms with Crippen LogP contribution in [0.15, 0.2) is 36.0 Å². The largest absolute Gasteiger partial charge is 0.495 e. The fourth-order valence-electron chi connectivity index (χ4n) is 1.58. The van der Waals surface area contributed by atoms with Gasteiger partial charge in [0.2, 0.25) is 0 Å². The summed E-state index contributed by atoms with van der Waals surface area (Å²) in [5.74, 6) is 0.0532. The number of para-hydroxylation sites is 2. The molecule has 0 atom stereocenters. The van der Waals surface area contributed by atoms with E-state index in [-0.39, 0.29) is 5.57 Å². The Bertz CT molecular complexity index is 535. The normalized spacial score (nSPS) is 10.6. The fraction of sp³-hybridized carbons (Fsp3) is 0.333. The van der Waals surface area contributed by atoms with E-state index in [0.29, 0.717) is 24.6 Å². The van der Waals surface area contributed by atoms with Crippen molar-refractivity contribution in [2.75, 3.05) is 32.7 Å². The summed E-state index contributed by atoms with van der Waals surface area (Å²) in [5.41, 5.74) is 0.517. The van der Waals surface area contributed by atoms with Crippen molar-refractivity contribution in [2.45, 2.75) is 6.42 Å². The molecule has 0 spiro atoms. The highest BCUT2D eigenvalue weighted by molar-refractivity contribution is 6.07. The van der Waals surface area contributed by atoms with E-state index in [1.165, 1.54) is 13.3 Å². The second-order valence-electron chi connectivity index (χ2n) is 4.12. The maximum Gasteiger partial charge on any atom is 0.267 e. The molecule has 0 aromatic heterocycles. The van der Waals surface area contributed by atoms with Crippen LogP contribution in [0, 0.1) is 11.3 Å². The molecule has 2 N–H and O–H groups in total. The predicted molar refractivity (Wildman–Crippen MR) is 79.8 cm³/mol. The van der Waals surface area contributed by atoms with Gasteiger partial charge in [0.15, 0.2) is 0 Å². The van der Waals surface area contributed by atoms with Crippen molar-refractivity contribution in [1.29, 1.82) is 5.26 Å². The van der Waals surface area contributed by atoms with Crippen molar-refractivity contribution in [3.8, 4) is 11.8 Å². The number of nitrogens with one attached hydrogen (secondary N) is 2. The minimum Gasteiger partial charge on any atom is -0.495 e. The molecule has 112 valence electrons. The Kier molecular flexibility index (Phi) is 7.40.